The first-order valence-electron chi connectivity index (χ1n) is 6.04. The van der Waals surface area contributed by atoms with Gasteiger partial charge in [0.15, 0.2) is 8.32 Å². The third-order valence-corrected chi connectivity index (χ3v) is 10.2. The van der Waals surface area contributed by atoms with Crippen molar-refractivity contribution in [1.29, 1.82) is 0 Å². The Morgan fingerprint density at radius 2 is 2.00 bits per heavy atom. The maximum absolute atomic E-state index is 5.97. The van der Waals surface area contributed by atoms with Gasteiger partial charge in [0, 0.05) is 0 Å². The van der Waals surface area contributed by atoms with Crippen molar-refractivity contribution in [1.82, 2.24) is 0 Å². The van der Waals surface area contributed by atoms with Gasteiger partial charge in [-0.3, -0.25) is 0 Å². The fraction of sp³-hybridized carbons (Fsp3) is 1.00. The summed E-state index contributed by atoms with van der Waals surface area (Å²) >= 11 is 0. The van der Waals surface area contributed by atoms with E-state index in [2.05, 4.69) is 20.0 Å². The SMILES string of the molecule is CCCC[Si](C)(C)O[SiH2]O[SiH2]CCCN. The molecule has 0 aromatic rings. The molecule has 0 aromatic carbocycles. The Labute approximate surface area is 100 Å². The molecule has 0 fully saturated rings. The van der Waals surface area contributed by atoms with E-state index in [9.17, 15) is 0 Å². The second-order valence-corrected chi connectivity index (χ2v) is 12.7. The predicted octanol–water partition coefficient (Wildman–Crippen LogP) is 0.874. The zero-order valence-corrected chi connectivity index (χ0v) is 14.4. The minimum Gasteiger partial charge on any atom is -0.446 e. The maximum Gasteiger partial charge on any atom is 0.283 e. The topological polar surface area (TPSA) is 44.5 Å². The minimum atomic E-state index is -1.36. The lowest BCUT2D eigenvalue weighted by Crippen LogP contribution is -2.33. The van der Waals surface area contributed by atoms with Crippen LogP contribution in [0.4, 0.5) is 0 Å². The molecular formula is C9H27NO2Si3. The van der Waals surface area contributed by atoms with Gasteiger partial charge in [0.25, 0.3) is 10.0 Å². The van der Waals surface area contributed by atoms with E-state index < -0.39 is 18.3 Å². The van der Waals surface area contributed by atoms with Crippen LogP contribution >= 0.6 is 0 Å². The average molecular weight is 266 g/mol. The van der Waals surface area contributed by atoms with E-state index in [-0.39, 0.29) is 9.76 Å². The molecule has 6 heteroatoms. The molecule has 0 rings (SSSR count). The van der Waals surface area contributed by atoms with Gasteiger partial charge in [-0.05, 0) is 38.1 Å². The van der Waals surface area contributed by atoms with Crippen LogP contribution in [0.15, 0.2) is 0 Å². The van der Waals surface area contributed by atoms with Gasteiger partial charge in [0.2, 0.25) is 0 Å². The first kappa shape index (κ1) is 15.5. The van der Waals surface area contributed by atoms with Crippen LogP contribution < -0.4 is 5.73 Å². The average Bonchev–Trinajstić information content (AvgIpc) is 2.20. The zero-order chi connectivity index (χ0) is 11.6. The largest absolute Gasteiger partial charge is 0.446 e. The highest BCUT2D eigenvalue weighted by molar-refractivity contribution is 6.74. The Morgan fingerprint density at radius 1 is 1.27 bits per heavy atom. The molecule has 15 heavy (non-hydrogen) atoms. The van der Waals surface area contributed by atoms with Gasteiger partial charge >= 0.3 is 0 Å². The third kappa shape index (κ3) is 10.8. The van der Waals surface area contributed by atoms with Crippen LogP contribution in [-0.2, 0) is 8.23 Å². The van der Waals surface area contributed by atoms with Crippen molar-refractivity contribution >= 4 is 28.1 Å². The third-order valence-electron chi connectivity index (χ3n) is 2.41. The summed E-state index contributed by atoms with van der Waals surface area (Å²) in [6.07, 6.45) is 3.70. The van der Waals surface area contributed by atoms with Crippen molar-refractivity contribution in [2.24, 2.45) is 5.73 Å². The van der Waals surface area contributed by atoms with E-state index >= 15 is 0 Å². The summed E-state index contributed by atoms with van der Waals surface area (Å²) in [5.74, 6) is 0. The molecule has 0 unspecified atom stereocenters. The van der Waals surface area contributed by atoms with Crippen LogP contribution in [0.5, 0.6) is 0 Å². The number of hydrogen-bond acceptors (Lipinski definition) is 3. The van der Waals surface area contributed by atoms with E-state index in [0.717, 1.165) is 13.0 Å². The first-order valence-corrected chi connectivity index (χ1v) is 11.9. The van der Waals surface area contributed by atoms with Gasteiger partial charge in [-0.1, -0.05) is 19.8 Å². The van der Waals surface area contributed by atoms with E-state index in [1.165, 1.54) is 24.9 Å². The van der Waals surface area contributed by atoms with Crippen molar-refractivity contribution in [3.05, 3.63) is 0 Å². The lowest BCUT2D eigenvalue weighted by molar-refractivity contribution is 0.465. The number of hydrogen-bond donors (Lipinski definition) is 1. The second kappa shape index (κ2) is 9.74. The molecule has 2 N–H and O–H groups in total. The van der Waals surface area contributed by atoms with Crippen LogP contribution in [0.3, 0.4) is 0 Å². The molecule has 0 atom stereocenters. The lowest BCUT2D eigenvalue weighted by atomic mass is 10.4. The molecule has 3 nitrogen and oxygen atoms in total. The minimum absolute atomic E-state index is 0.309. The Bertz CT molecular complexity index is 147. The Balaban J connectivity index is 3.32. The monoisotopic (exact) mass is 265 g/mol. The van der Waals surface area contributed by atoms with Gasteiger partial charge in [-0.2, -0.15) is 0 Å². The van der Waals surface area contributed by atoms with Gasteiger partial charge in [0.1, 0.15) is 9.76 Å². The van der Waals surface area contributed by atoms with Crippen LogP contribution in [-0.4, -0.2) is 34.6 Å². The van der Waals surface area contributed by atoms with Crippen LogP contribution in [0.1, 0.15) is 26.2 Å². The molecule has 0 bridgehead atoms. The van der Waals surface area contributed by atoms with Crippen molar-refractivity contribution in [3.8, 4) is 0 Å². The summed E-state index contributed by atoms with van der Waals surface area (Å²) in [5.41, 5.74) is 5.42. The highest BCUT2D eigenvalue weighted by Gasteiger charge is 2.20. The summed E-state index contributed by atoms with van der Waals surface area (Å²) in [4.78, 5) is 0. The number of rotatable bonds is 10. The zero-order valence-electron chi connectivity index (χ0n) is 10.6. The van der Waals surface area contributed by atoms with E-state index in [1.54, 1.807) is 0 Å². The molecule has 0 saturated heterocycles. The fourth-order valence-electron chi connectivity index (χ4n) is 1.28. The Kier molecular flexibility index (Phi) is 10.1. The van der Waals surface area contributed by atoms with E-state index in [4.69, 9.17) is 14.0 Å². The summed E-state index contributed by atoms with van der Waals surface area (Å²) in [6.45, 7) is 7.65. The molecule has 0 aliphatic rings. The fourth-order valence-corrected chi connectivity index (χ4v) is 7.21. The van der Waals surface area contributed by atoms with Crippen LogP contribution in [0.2, 0.25) is 25.2 Å². The quantitative estimate of drug-likeness (QED) is 0.471. The molecule has 0 heterocycles. The number of nitrogens with two attached hydrogens (primary N) is 1. The standard InChI is InChI=1S/C9H27NO2Si3/c1-4-5-9-15(2,3)12-14-11-13-8-6-7-10/h4-10,13-14H2,1-3H3. The Hall–Kier alpha value is 0.531. The van der Waals surface area contributed by atoms with Crippen molar-refractivity contribution < 1.29 is 8.23 Å². The Morgan fingerprint density at radius 3 is 2.60 bits per heavy atom. The maximum atomic E-state index is 5.97. The predicted molar refractivity (Wildman–Crippen MR) is 74.9 cm³/mol. The molecule has 0 spiro atoms. The van der Waals surface area contributed by atoms with Gasteiger partial charge in [-0.25, -0.2) is 0 Å². The summed E-state index contributed by atoms with van der Waals surface area (Å²) in [6, 6.07) is 2.49. The van der Waals surface area contributed by atoms with Gasteiger partial charge in [-0.15, -0.1) is 0 Å². The summed E-state index contributed by atoms with van der Waals surface area (Å²) < 4.78 is 11.7. The van der Waals surface area contributed by atoms with Crippen molar-refractivity contribution in [2.75, 3.05) is 6.54 Å². The summed E-state index contributed by atoms with van der Waals surface area (Å²) in [7, 11) is -2.33. The highest BCUT2D eigenvalue weighted by Crippen LogP contribution is 2.14. The van der Waals surface area contributed by atoms with Crippen molar-refractivity contribution in [2.45, 2.75) is 51.4 Å². The van der Waals surface area contributed by atoms with E-state index in [0.29, 0.717) is 0 Å². The molecular weight excluding hydrogens is 238 g/mol. The van der Waals surface area contributed by atoms with E-state index in [1.807, 2.05) is 0 Å². The molecule has 0 aliphatic carbocycles. The van der Waals surface area contributed by atoms with Crippen molar-refractivity contribution in [3.63, 3.8) is 0 Å². The first-order chi connectivity index (χ1) is 7.12. The smallest absolute Gasteiger partial charge is 0.283 e. The van der Waals surface area contributed by atoms with Gasteiger partial charge in [0.05, 0.1) is 0 Å². The molecule has 92 valence electrons. The lowest BCUT2D eigenvalue weighted by Gasteiger charge is -2.22. The molecule has 0 aliphatic heterocycles. The highest BCUT2D eigenvalue weighted by atomic mass is 28.4. The summed E-state index contributed by atoms with van der Waals surface area (Å²) in [5, 5.41) is 0. The number of unbranched alkanes of at least 4 members (excludes halogenated alkanes) is 1. The molecule has 0 saturated carbocycles. The molecule has 0 amide bonds. The van der Waals surface area contributed by atoms with Crippen LogP contribution in [0, 0.1) is 0 Å². The normalized spacial score (nSPS) is 13.6. The van der Waals surface area contributed by atoms with Crippen LogP contribution in [0.25, 0.3) is 0 Å². The second-order valence-electron chi connectivity index (χ2n) is 4.53. The molecule has 0 aromatic heterocycles. The van der Waals surface area contributed by atoms with Gasteiger partial charge < -0.3 is 14.0 Å². The molecule has 0 radical (unpaired) electrons.